The van der Waals surface area contributed by atoms with Crippen molar-refractivity contribution in [1.82, 2.24) is 14.5 Å². The van der Waals surface area contributed by atoms with E-state index in [0.717, 1.165) is 28.0 Å². The van der Waals surface area contributed by atoms with E-state index in [4.69, 9.17) is 17.3 Å². The van der Waals surface area contributed by atoms with Crippen molar-refractivity contribution < 1.29 is 0 Å². The van der Waals surface area contributed by atoms with Gasteiger partial charge in [0.25, 0.3) is 0 Å². The van der Waals surface area contributed by atoms with Gasteiger partial charge in [0.15, 0.2) is 5.65 Å². The first-order chi connectivity index (χ1) is 9.06. The van der Waals surface area contributed by atoms with Crippen molar-refractivity contribution in [3.63, 3.8) is 0 Å². The Bertz CT molecular complexity index is 776. The van der Waals surface area contributed by atoms with Crippen molar-refractivity contribution in [2.24, 2.45) is 0 Å². The SMILES string of the molecule is Cc1ccc(Cl)c(-n2c(N)nc3cc(C)cnc32)c1. The van der Waals surface area contributed by atoms with Gasteiger partial charge in [-0.25, -0.2) is 9.97 Å². The Morgan fingerprint density at radius 2 is 1.95 bits per heavy atom. The minimum absolute atomic E-state index is 0.389. The maximum absolute atomic E-state index is 6.26. The van der Waals surface area contributed by atoms with Gasteiger partial charge in [0.2, 0.25) is 5.95 Å². The molecule has 0 bridgehead atoms. The van der Waals surface area contributed by atoms with Crippen LogP contribution in [0.25, 0.3) is 16.9 Å². The van der Waals surface area contributed by atoms with Crippen molar-refractivity contribution in [2.75, 3.05) is 5.73 Å². The molecule has 2 N–H and O–H groups in total. The van der Waals surface area contributed by atoms with Gasteiger partial charge >= 0.3 is 0 Å². The molecule has 0 amide bonds. The summed E-state index contributed by atoms with van der Waals surface area (Å²) in [7, 11) is 0. The summed E-state index contributed by atoms with van der Waals surface area (Å²) in [5, 5.41) is 0.624. The Labute approximate surface area is 115 Å². The lowest BCUT2D eigenvalue weighted by atomic mass is 10.2. The van der Waals surface area contributed by atoms with Gasteiger partial charge in [-0.1, -0.05) is 17.7 Å². The van der Waals surface area contributed by atoms with Gasteiger partial charge in [-0.05, 0) is 43.2 Å². The molecule has 0 aliphatic carbocycles. The molecule has 0 fully saturated rings. The third-order valence-corrected chi connectivity index (χ3v) is 3.32. The van der Waals surface area contributed by atoms with E-state index in [1.807, 2.05) is 38.1 Å². The minimum atomic E-state index is 0.389. The van der Waals surface area contributed by atoms with Crippen molar-refractivity contribution in [3.05, 3.63) is 46.6 Å². The molecule has 0 aliphatic rings. The van der Waals surface area contributed by atoms with Crippen LogP contribution in [0.1, 0.15) is 11.1 Å². The number of pyridine rings is 1. The number of fused-ring (bicyclic) bond motifs is 1. The van der Waals surface area contributed by atoms with Gasteiger partial charge in [0.1, 0.15) is 5.52 Å². The number of rotatable bonds is 1. The second kappa shape index (κ2) is 4.24. The summed E-state index contributed by atoms with van der Waals surface area (Å²) in [6, 6.07) is 7.74. The number of hydrogen-bond acceptors (Lipinski definition) is 3. The number of imidazole rings is 1. The zero-order valence-electron chi connectivity index (χ0n) is 10.7. The van der Waals surface area contributed by atoms with E-state index >= 15 is 0 Å². The predicted molar refractivity (Wildman–Crippen MR) is 77.8 cm³/mol. The molecule has 96 valence electrons. The maximum atomic E-state index is 6.26. The lowest BCUT2D eigenvalue weighted by Crippen LogP contribution is -2.02. The Morgan fingerprint density at radius 3 is 2.74 bits per heavy atom. The van der Waals surface area contributed by atoms with Crippen molar-refractivity contribution in [3.8, 4) is 5.69 Å². The fourth-order valence-electron chi connectivity index (χ4n) is 2.11. The molecular weight excluding hydrogens is 260 g/mol. The summed E-state index contributed by atoms with van der Waals surface area (Å²) < 4.78 is 1.78. The van der Waals surface area contributed by atoms with Crippen LogP contribution in [0.3, 0.4) is 0 Å². The van der Waals surface area contributed by atoms with Gasteiger partial charge in [-0.2, -0.15) is 0 Å². The number of nitrogen functional groups attached to an aromatic ring is 1. The van der Waals surface area contributed by atoms with E-state index in [0.29, 0.717) is 11.0 Å². The molecule has 4 nitrogen and oxygen atoms in total. The third kappa shape index (κ3) is 1.94. The van der Waals surface area contributed by atoms with E-state index < -0.39 is 0 Å². The third-order valence-electron chi connectivity index (χ3n) is 3.00. The van der Waals surface area contributed by atoms with E-state index in [2.05, 4.69) is 9.97 Å². The molecule has 0 spiro atoms. The van der Waals surface area contributed by atoms with E-state index in [9.17, 15) is 0 Å². The Morgan fingerprint density at radius 1 is 1.16 bits per heavy atom. The van der Waals surface area contributed by atoms with E-state index in [1.165, 1.54) is 0 Å². The molecule has 3 aromatic rings. The van der Waals surface area contributed by atoms with Gasteiger partial charge in [-0.3, -0.25) is 4.57 Å². The molecule has 0 aliphatic heterocycles. The highest BCUT2D eigenvalue weighted by atomic mass is 35.5. The summed E-state index contributed by atoms with van der Waals surface area (Å²) in [5.41, 5.74) is 10.5. The highest BCUT2D eigenvalue weighted by Crippen LogP contribution is 2.28. The first-order valence-corrected chi connectivity index (χ1v) is 6.31. The average molecular weight is 273 g/mol. The van der Waals surface area contributed by atoms with Crippen LogP contribution < -0.4 is 5.73 Å². The number of anilines is 1. The minimum Gasteiger partial charge on any atom is -0.369 e. The molecule has 2 aromatic heterocycles. The first-order valence-electron chi connectivity index (χ1n) is 5.93. The number of aromatic nitrogens is 3. The molecule has 3 rings (SSSR count). The number of nitrogens with two attached hydrogens (primary N) is 1. The lowest BCUT2D eigenvalue weighted by Gasteiger charge is -2.09. The Kier molecular flexibility index (Phi) is 2.68. The van der Waals surface area contributed by atoms with Crippen LogP contribution in [-0.4, -0.2) is 14.5 Å². The summed E-state index contributed by atoms with van der Waals surface area (Å²) in [4.78, 5) is 8.75. The van der Waals surface area contributed by atoms with Crippen molar-refractivity contribution >= 4 is 28.7 Å². The molecule has 0 radical (unpaired) electrons. The summed E-state index contributed by atoms with van der Waals surface area (Å²) >= 11 is 6.26. The molecule has 19 heavy (non-hydrogen) atoms. The highest BCUT2D eigenvalue weighted by Gasteiger charge is 2.13. The fourth-order valence-corrected chi connectivity index (χ4v) is 2.32. The number of nitrogens with zero attached hydrogens (tertiary/aromatic N) is 3. The standard InChI is InChI=1S/C14H13ClN4/c1-8-3-4-10(15)12(6-8)19-13-11(18-14(19)16)5-9(2)7-17-13/h3-7H,1-2H3,(H2,16,18). The number of benzene rings is 1. The monoisotopic (exact) mass is 272 g/mol. The summed E-state index contributed by atoms with van der Waals surface area (Å²) in [5.74, 6) is 0.389. The number of aryl methyl sites for hydroxylation is 2. The number of hydrogen-bond donors (Lipinski definition) is 1. The van der Waals surface area contributed by atoms with Crippen LogP contribution >= 0.6 is 11.6 Å². The average Bonchev–Trinajstić information content (AvgIpc) is 2.67. The zero-order valence-corrected chi connectivity index (χ0v) is 11.4. The van der Waals surface area contributed by atoms with Crippen LogP contribution in [0.15, 0.2) is 30.5 Å². The molecule has 2 heterocycles. The van der Waals surface area contributed by atoms with Crippen LogP contribution in [0, 0.1) is 13.8 Å². The topological polar surface area (TPSA) is 56.7 Å². The van der Waals surface area contributed by atoms with Crippen molar-refractivity contribution in [1.29, 1.82) is 0 Å². The van der Waals surface area contributed by atoms with Gasteiger partial charge in [-0.15, -0.1) is 0 Å². The van der Waals surface area contributed by atoms with Crippen LogP contribution in [-0.2, 0) is 0 Å². The smallest absolute Gasteiger partial charge is 0.207 e. The molecule has 0 saturated carbocycles. The molecule has 1 aromatic carbocycles. The molecule has 0 atom stereocenters. The largest absolute Gasteiger partial charge is 0.369 e. The number of halogens is 1. The quantitative estimate of drug-likeness (QED) is 0.740. The molecule has 0 unspecified atom stereocenters. The fraction of sp³-hybridized carbons (Fsp3) is 0.143. The first kappa shape index (κ1) is 12.0. The summed E-state index contributed by atoms with van der Waals surface area (Å²) in [6.45, 7) is 3.98. The second-order valence-electron chi connectivity index (χ2n) is 4.62. The van der Waals surface area contributed by atoms with Gasteiger partial charge in [0.05, 0.1) is 10.7 Å². The van der Waals surface area contributed by atoms with Gasteiger partial charge in [0, 0.05) is 6.20 Å². The second-order valence-corrected chi connectivity index (χ2v) is 5.02. The van der Waals surface area contributed by atoms with E-state index in [-0.39, 0.29) is 0 Å². The molecule has 5 heteroatoms. The molecule has 0 saturated heterocycles. The van der Waals surface area contributed by atoms with Crippen LogP contribution in [0.5, 0.6) is 0 Å². The predicted octanol–water partition coefficient (Wildman–Crippen LogP) is 3.27. The summed E-state index contributed by atoms with van der Waals surface area (Å²) in [6.07, 6.45) is 1.80. The van der Waals surface area contributed by atoms with Crippen molar-refractivity contribution in [2.45, 2.75) is 13.8 Å². The van der Waals surface area contributed by atoms with Crippen LogP contribution in [0.2, 0.25) is 5.02 Å². The van der Waals surface area contributed by atoms with Crippen LogP contribution in [0.4, 0.5) is 5.95 Å². The normalized spacial score (nSPS) is 11.1. The highest BCUT2D eigenvalue weighted by molar-refractivity contribution is 6.32. The Hall–Kier alpha value is -2.07. The molecular formula is C14H13ClN4. The van der Waals surface area contributed by atoms with E-state index in [1.54, 1.807) is 10.8 Å². The lowest BCUT2D eigenvalue weighted by molar-refractivity contribution is 1.08. The maximum Gasteiger partial charge on any atom is 0.207 e. The Balaban J connectivity index is 2.36. The van der Waals surface area contributed by atoms with Gasteiger partial charge < -0.3 is 5.73 Å². The zero-order chi connectivity index (χ0) is 13.6.